The van der Waals surface area contributed by atoms with Crippen LogP contribution in [0.1, 0.15) is 83.5 Å². The van der Waals surface area contributed by atoms with Gasteiger partial charge in [0.25, 0.3) is 0 Å². The smallest absolute Gasteiger partial charge is 0.243 e. The number of carbonyl (C=O) groups excluding carboxylic acids is 10. The molecule has 2 aromatic carbocycles. The van der Waals surface area contributed by atoms with E-state index < -0.39 is 114 Å². The first-order chi connectivity index (χ1) is 36.6. The molecule has 8 atom stereocenters. The number of nitrogens with two attached hydrogens (primary N) is 2. The van der Waals surface area contributed by atoms with E-state index >= 15 is 0 Å². The predicted molar refractivity (Wildman–Crippen MR) is 284 cm³/mol. The van der Waals surface area contributed by atoms with E-state index in [9.17, 15) is 47.9 Å². The Morgan fingerprint density at radius 3 is 2.05 bits per heavy atom. The normalized spacial score (nSPS) is 16.0. The first-order valence-electron chi connectivity index (χ1n) is 25.8. The lowest BCUT2D eigenvalue weighted by atomic mass is 10.00. The van der Waals surface area contributed by atoms with Crippen LogP contribution >= 0.6 is 0 Å². The molecule has 0 radical (unpaired) electrons. The van der Waals surface area contributed by atoms with Gasteiger partial charge in [-0.1, -0.05) is 76.2 Å². The van der Waals surface area contributed by atoms with Crippen molar-refractivity contribution in [3.8, 4) is 0 Å². The summed E-state index contributed by atoms with van der Waals surface area (Å²) in [4.78, 5) is 145. The summed E-state index contributed by atoms with van der Waals surface area (Å²) < 4.78 is 0. The van der Waals surface area contributed by atoms with E-state index in [1.807, 2.05) is 67.3 Å². The number of nitrogens with zero attached hydrogens (tertiary/aromatic N) is 2. The second-order valence-corrected chi connectivity index (χ2v) is 20.3. The van der Waals surface area contributed by atoms with Gasteiger partial charge in [0, 0.05) is 67.3 Å². The van der Waals surface area contributed by atoms with Gasteiger partial charge in [0.15, 0.2) is 0 Å². The lowest BCUT2D eigenvalue weighted by molar-refractivity contribution is -0.135. The van der Waals surface area contributed by atoms with E-state index in [-0.39, 0.29) is 56.9 Å². The summed E-state index contributed by atoms with van der Waals surface area (Å²) in [6.07, 6.45) is 5.23. The molecule has 1 aliphatic heterocycles. The van der Waals surface area contributed by atoms with Crippen molar-refractivity contribution in [3.05, 3.63) is 90.1 Å². The maximum Gasteiger partial charge on any atom is 0.243 e. The molecule has 0 aliphatic carbocycles. The van der Waals surface area contributed by atoms with Gasteiger partial charge >= 0.3 is 0 Å². The Labute approximate surface area is 446 Å². The summed E-state index contributed by atoms with van der Waals surface area (Å²) in [5, 5.41) is 22.1. The molecule has 24 heteroatoms. The van der Waals surface area contributed by atoms with E-state index in [2.05, 4.69) is 57.5 Å². The van der Waals surface area contributed by atoms with Crippen molar-refractivity contribution in [2.24, 2.45) is 23.3 Å². The van der Waals surface area contributed by atoms with E-state index in [4.69, 9.17) is 11.5 Å². The highest BCUT2D eigenvalue weighted by molar-refractivity contribution is 5.98. The molecule has 4 aromatic rings. The van der Waals surface area contributed by atoms with Crippen molar-refractivity contribution >= 4 is 70.0 Å². The molecule has 24 nitrogen and oxygen atoms in total. The number of carbonyl (C=O) groups is 10. The van der Waals surface area contributed by atoms with Gasteiger partial charge in [0.05, 0.1) is 18.9 Å². The monoisotopic (exact) mass is 1070 g/mol. The molecule has 0 spiro atoms. The Kier molecular flexibility index (Phi) is 22.2. The number of aromatic amines is 2. The number of imidazole rings is 1. The van der Waals surface area contributed by atoms with Crippen LogP contribution in [0.25, 0.3) is 10.9 Å². The summed E-state index contributed by atoms with van der Waals surface area (Å²) in [6, 6.07) is 8.35. The minimum absolute atomic E-state index is 0.00499. The number of aromatic nitrogens is 3. The highest BCUT2D eigenvalue weighted by Crippen LogP contribution is 2.20. The van der Waals surface area contributed by atoms with Gasteiger partial charge in [0.1, 0.15) is 36.3 Å². The third-order valence-corrected chi connectivity index (χ3v) is 13.1. The van der Waals surface area contributed by atoms with E-state index in [0.717, 1.165) is 16.5 Å². The molecule has 2 aromatic heterocycles. The Balaban J connectivity index is 1.25. The van der Waals surface area contributed by atoms with Gasteiger partial charge in [0.2, 0.25) is 59.1 Å². The van der Waals surface area contributed by atoms with Crippen molar-refractivity contribution < 1.29 is 47.9 Å². The average Bonchev–Trinajstić information content (AvgIpc) is 4.17. The zero-order chi connectivity index (χ0) is 56.3. The molecular weight excluding hydrogens is 993 g/mol. The number of amides is 10. The second-order valence-electron chi connectivity index (χ2n) is 20.3. The number of hydrogen-bond acceptors (Lipinski definition) is 12. The number of primary amides is 2. The predicted octanol–water partition coefficient (Wildman–Crippen LogP) is -1.00. The Bertz CT molecular complexity index is 2690. The van der Waals surface area contributed by atoms with Crippen LogP contribution in [0.3, 0.4) is 0 Å². The van der Waals surface area contributed by atoms with Gasteiger partial charge < -0.3 is 64.0 Å². The molecule has 5 rings (SSSR count). The zero-order valence-electron chi connectivity index (χ0n) is 44.4. The van der Waals surface area contributed by atoms with Crippen molar-refractivity contribution in [1.29, 1.82) is 0 Å². The summed E-state index contributed by atoms with van der Waals surface area (Å²) >= 11 is 0. The highest BCUT2D eigenvalue weighted by atomic mass is 16.2. The van der Waals surface area contributed by atoms with Crippen molar-refractivity contribution in [3.63, 3.8) is 0 Å². The number of H-pyrrole nitrogens is 2. The maximum atomic E-state index is 14.2. The molecule has 1 saturated heterocycles. The summed E-state index contributed by atoms with van der Waals surface area (Å²) in [6.45, 7) is 8.33. The first kappa shape index (κ1) is 59.7. The van der Waals surface area contributed by atoms with Crippen molar-refractivity contribution in [2.75, 3.05) is 20.1 Å². The number of nitrogens with one attached hydrogen (secondary N) is 10. The van der Waals surface area contributed by atoms with Crippen LogP contribution < -0.4 is 54.0 Å². The van der Waals surface area contributed by atoms with Crippen LogP contribution in [0.15, 0.2) is 73.3 Å². The van der Waals surface area contributed by atoms with Crippen LogP contribution in [-0.2, 0) is 67.2 Å². The standard InChI is InChI=1S/C53H74N14O10/c1-29(2)20-42(47(55)71)67(6)27-35(21-32-12-8-7-9-13-32)61-52(76)41(23-34-25-56-28-59-34)63-45(70)26-58-53(77)46(30(3)4)66-48(72)31(5)60-51(75)40(22-33-24-57-37-15-11-10-14-36(33)37)65-50(74)39(16-18-43(54)68)64-49(73)38-17-19-44(69)62-38/h7-15,24-25,28-31,35,38-42,46,57H,16-23,26-27H2,1-6H3,(H2,54,68)(H2,55,71)(H,56,59)(H,58,77)(H,60,75)(H,61,76)(H,62,69)(H,63,70)(H,64,73)(H,65,74)(H,66,72)/t31-,35-,38-,39-,40-,41-,42-,46-/m0/s1. The fraction of sp³-hybridized carbons (Fsp3) is 0.491. The molecule has 1 aliphatic rings. The maximum absolute atomic E-state index is 14.2. The molecule has 3 heterocycles. The van der Waals surface area contributed by atoms with Crippen molar-refractivity contribution in [1.82, 2.24) is 62.4 Å². The number of fused-ring (bicyclic) bond motifs is 1. The van der Waals surface area contributed by atoms with Crippen LogP contribution in [-0.4, -0.2) is 147 Å². The summed E-state index contributed by atoms with van der Waals surface area (Å²) in [5.41, 5.74) is 14.0. The molecule has 14 N–H and O–H groups in total. The number of rotatable bonds is 30. The van der Waals surface area contributed by atoms with Gasteiger partial charge in [-0.05, 0) is 68.7 Å². The number of para-hydroxylation sites is 1. The number of hydrogen-bond donors (Lipinski definition) is 12. The third-order valence-electron chi connectivity index (χ3n) is 13.1. The molecule has 416 valence electrons. The van der Waals surface area contributed by atoms with Crippen LogP contribution in [0.5, 0.6) is 0 Å². The van der Waals surface area contributed by atoms with Crippen molar-refractivity contribution in [2.45, 2.75) is 134 Å². The van der Waals surface area contributed by atoms with E-state index in [1.165, 1.54) is 19.4 Å². The van der Waals surface area contributed by atoms with Crippen LogP contribution in [0.2, 0.25) is 0 Å². The average molecular weight is 1070 g/mol. The molecule has 1 fully saturated rings. The van der Waals surface area contributed by atoms with Gasteiger partial charge in [-0.25, -0.2) is 4.98 Å². The molecule has 0 bridgehead atoms. The van der Waals surface area contributed by atoms with Crippen LogP contribution in [0.4, 0.5) is 0 Å². The van der Waals surface area contributed by atoms with E-state index in [0.29, 0.717) is 24.1 Å². The molecule has 0 saturated carbocycles. The fourth-order valence-corrected chi connectivity index (χ4v) is 8.98. The minimum atomic E-state index is -1.35. The highest BCUT2D eigenvalue weighted by Gasteiger charge is 2.35. The fourth-order valence-electron chi connectivity index (χ4n) is 8.98. The number of benzene rings is 2. The molecule has 10 amide bonds. The number of likely N-dealkylation sites (N-methyl/N-ethyl adjacent to an activating group) is 1. The van der Waals surface area contributed by atoms with Gasteiger partial charge in [-0.2, -0.15) is 0 Å². The molecule has 0 unspecified atom stereocenters. The lowest BCUT2D eigenvalue weighted by Crippen LogP contribution is -2.59. The zero-order valence-corrected chi connectivity index (χ0v) is 44.4. The second kappa shape index (κ2) is 28.7. The first-order valence-corrected chi connectivity index (χ1v) is 25.8. The quantitative estimate of drug-likeness (QED) is 0.0299. The van der Waals surface area contributed by atoms with Crippen LogP contribution in [0, 0.1) is 11.8 Å². The van der Waals surface area contributed by atoms with Gasteiger partial charge in [-0.15, -0.1) is 0 Å². The largest absolute Gasteiger partial charge is 0.370 e. The Morgan fingerprint density at radius 1 is 0.740 bits per heavy atom. The SMILES string of the molecule is CC(C)C[C@@H](C(N)=O)N(C)C[C@H](Cc1ccccc1)NC(=O)[C@H](Cc1cnc[nH]1)NC(=O)CNC(=O)[C@@H](NC(=O)[C@H](C)NC(=O)[C@H](Cc1c[nH]c2ccccc12)NC(=O)[C@H](CCC(N)=O)NC(=O)[C@@H]1CCC(=O)N1)C(C)C. The molecular formula is C53H74N14O10. The molecule has 77 heavy (non-hydrogen) atoms. The lowest BCUT2D eigenvalue weighted by Gasteiger charge is -2.32. The summed E-state index contributed by atoms with van der Waals surface area (Å²) in [5.74, 6) is -7.00. The Hall–Kier alpha value is -8.15. The minimum Gasteiger partial charge on any atom is -0.370 e. The topological polar surface area (TPSA) is 367 Å². The van der Waals surface area contributed by atoms with Gasteiger partial charge in [-0.3, -0.25) is 52.8 Å². The van der Waals surface area contributed by atoms with E-state index in [1.54, 1.807) is 33.2 Å². The Morgan fingerprint density at radius 2 is 1.42 bits per heavy atom. The summed E-state index contributed by atoms with van der Waals surface area (Å²) in [7, 11) is 1.77. The third kappa shape index (κ3) is 18.6.